The van der Waals surface area contributed by atoms with Crippen molar-refractivity contribution in [3.63, 3.8) is 0 Å². The highest BCUT2D eigenvalue weighted by molar-refractivity contribution is 7.99. The molecule has 0 saturated carbocycles. The third-order valence-corrected chi connectivity index (χ3v) is 7.17. The number of carboxylic acids is 1. The summed E-state index contributed by atoms with van der Waals surface area (Å²) in [5.41, 5.74) is 2.40. The summed E-state index contributed by atoms with van der Waals surface area (Å²) in [5.74, 6) is 0.561. The van der Waals surface area contributed by atoms with E-state index in [0.717, 1.165) is 22.2 Å². The van der Waals surface area contributed by atoms with Crippen LogP contribution in [0.1, 0.15) is 63.5 Å². The molecule has 0 saturated heterocycles. The van der Waals surface area contributed by atoms with E-state index in [-0.39, 0.29) is 29.0 Å². The number of fused-ring (bicyclic) bond motifs is 1. The van der Waals surface area contributed by atoms with E-state index in [1.54, 1.807) is 11.8 Å². The average molecular weight is 543 g/mol. The summed E-state index contributed by atoms with van der Waals surface area (Å²) >= 11 is 7.78. The number of hydrogen-bond acceptors (Lipinski definition) is 5. The molecule has 2 aromatic carbocycles. The Bertz CT molecular complexity index is 1230. The minimum absolute atomic E-state index is 0.00315. The first-order valence-corrected chi connectivity index (χ1v) is 13.8. The number of hydrogen-bond donors (Lipinski definition) is 2. The number of nitrogens with one attached hydrogen (secondary N) is 1. The topological polar surface area (TPSA) is 88.5 Å². The second-order valence-electron chi connectivity index (χ2n) is 10.3. The minimum Gasteiger partial charge on any atom is -0.487 e. The minimum atomic E-state index is -0.804. The number of amides is 1. The summed E-state index contributed by atoms with van der Waals surface area (Å²) in [5, 5.41) is 13.9. The molecule has 0 radical (unpaired) electrons. The molecule has 1 amide bonds. The summed E-state index contributed by atoms with van der Waals surface area (Å²) < 4.78 is 6.07. The Labute approximate surface area is 228 Å². The number of halogens is 1. The number of thioether (sulfide) groups is 1. The van der Waals surface area contributed by atoms with Crippen molar-refractivity contribution < 1.29 is 19.4 Å². The maximum Gasteiger partial charge on any atom is 0.303 e. The van der Waals surface area contributed by atoms with Gasteiger partial charge in [0.1, 0.15) is 12.4 Å². The zero-order chi connectivity index (χ0) is 27.0. The maximum atomic E-state index is 12.3. The molecule has 0 aliphatic carbocycles. The number of aromatic nitrogens is 1. The molecule has 1 aromatic heterocycles. The standard InChI is InChI=1S/C29H35ClN2O4S/c1-19(15-28(34)35)14-26(37-13-12-27(33)32-29(2,3)4)21-6-5-7-24(16-21)36-18-23-11-9-20-8-10-22(30)17-25(20)31-23/h5-11,16-17,19,26H,12-15,18H2,1-4H3,(H,32,33)(H,34,35). The second kappa shape index (κ2) is 13.2. The van der Waals surface area contributed by atoms with Crippen molar-refractivity contribution in [3.05, 3.63) is 70.9 Å². The van der Waals surface area contributed by atoms with Gasteiger partial charge in [-0.25, -0.2) is 4.98 Å². The molecule has 0 fully saturated rings. The normalized spacial score (nSPS) is 13.2. The van der Waals surface area contributed by atoms with Gasteiger partial charge < -0.3 is 15.2 Å². The van der Waals surface area contributed by atoms with Gasteiger partial charge in [-0.2, -0.15) is 11.8 Å². The Morgan fingerprint density at radius 2 is 1.89 bits per heavy atom. The van der Waals surface area contributed by atoms with Crippen molar-refractivity contribution in [1.82, 2.24) is 10.3 Å². The molecule has 37 heavy (non-hydrogen) atoms. The van der Waals surface area contributed by atoms with Crippen LogP contribution in [0.25, 0.3) is 10.9 Å². The van der Waals surface area contributed by atoms with Crippen molar-refractivity contribution in [2.45, 2.75) is 64.4 Å². The van der Waals surface area contributed by atoms with Crippen LogP contribution in [0.3, 0.4) is 0 Å². The van der Waals surface area contributed by atoms with E-state index < -0.39 is 5.97 Å². The number of aliphatic carboxylic acids is 1. The molecule has 198 valence electrons. The third-order valence-electron chi connectivity index (χ3n) is 5.63. The molecule has 1 heterocycles. The number of rotatable bonds is 12. The first-order chi connectivity index (χ1) is 17.5. The van der Waals surface area contributed by atoms with E-state index in [4.69, 9.17) is 16.3 Å². The van der Waals surface area contributed by atoms with Crippen LogP contribution in [0.4, 0.5) is 0 Å². The Morgan fingerprint density at radius 3 is 2.62 bits per heavy atom. The number of pyridine rings is 1. The fraction of sp³-hybridized carbons (Fsp3) is 0.414. The summed E-state index contributed by atoms with van der Waals surface area (Å²) in [6, 6.07) is 17.4. The molecule has 0 aliphatic rings. The van der Waals surface area contributed by atoms with E-state index in [2.05, 4.69) is 10.3 Å². The van der Waals surface area contributed by atoms with Crippen LogP contribution in [-0.2, 0) is 16.2 Å². The van der Waals surface area contributed by atoms with Gasteiger partial charge in [-0.3, -0.25) is 9.59 Å². The van der Waals surface area contributed by atoms with Crippen LogP contribution in [0.2, 0.25) is 5.02 Å². The molecule has 0 spiro atoms. The molecular weight excluding hydrogens is 508 g/mol. The summed E-state index contributed by atoms with van der Waals surface area (Å²) in [6.07, 6.45) is 1.20. The molecule has 6 nitrogen and oxygen atoms in total. The lowest BCUT2D eigenvalue weighted by Gasteiger charge is -2.23. The number of carbonyl (C=O) groups is 2. The molecule has 0 bridgehead atoms. The van der Waals surface area contributed by atoms with Crippen molar-refractivity contribution >= 4 is 46.1 Å². The molecule has 2 unspecified atom stereocenters. The van der Waals surface area contributed by atoms with Crippen molar-refractivity contribution in [1.29, 1.82) is 0 Å². The molecule has 2 atom stereocenters. The molecule has 2 N–H and O–H groups in total. The lowest BCUT2D eigenvalue weighted by Crippen LogP contribution is -2.40. The van der Waals surface area contributed by atoms with Crippen molar-refractivity contribution in [2.24, 2.45) is 5.92 Å². The number of carbonyl (C=O) groups excluding carboxylic acids is 1. The highest BCUT2D eigenvalue weighted by atomic mass is 35.5. The number of carboxylic acid groups (broad SMARTS) is 1. The van der Waals surface area contributed by atoms with Crippen molar-refractivity contribution in [3.8, 4) is 5.75 Å². The summed E-state index contributed by atoms with van der Waals surface area (Å²) in [6.45, 7) is 8.14. The lowest BCUT2D eigenvalue weighted by molar-refractivity contribution is -0.138. The van der Waals surface area contributed by atoms with Gasteiger partial charge in [-0.05, 0) is 69.0 Å². The number of ether oxygens (including phenoxy) is 1. The van der Waals surface area contributed by atoms with Crippen molar-refractivity contribution in [2.75, 3.05) is 5.75 Å². The van der Waals surface area contributed by atoms with Crippen LogP contribution in [-0.4, -0.2) is 33.3 Å². The molecule has 8 heteroatoms. The Kier molecular flexibility index (Phi) is 10.2. The molecule has 3 aromatic rings. The third kappa shape index (κ3) is 9.90. The molecule has 0 aliphatic heterocycles. The van der Waals surface area contributed by atoms with Gasteiger partial charge in [0.25, 0.3) is 0 Å². The van der Waals surface area contributed by atoms with Gasteiger partial charge in [0.2, 0.25) is 5.91 Å². The number of benzene rings is 2. The zero-order valence-corrected chi connectivity index (χ0v) is 23.4. The van der Waals surface area contributed by atoms with E-state index in [9.17, 15) is 14.7 Å². The van der Waals surface area contributed by atoms with Crippen LogP contribution in [0.5, 0.6) is 5.75 Å². The van der Waals surface area contributed by atoms with Gasteiger partial charge in [-0.1, -0.05) is 42.8 Å². The average Bonchev–Trinajstić information content (AvgIpc) is 2.80. The zero-order valence-electron chi connectivity index (χ0n) is 21.8. The van der Waals surface area contributed by atoms with Gasteiger partial charge in [0, 0.05) is 39.8 Å². The SMILES string of the molecule is CC(CC(=O)O)CC(SCCC(=O)NC(C)(C)C)c1cccc(OCc2ccc3ccc(Cl)cc3n2)c1. The smallest absolute Gasteiger partial charge is 0.303 e. The summed E-state index contributed by atoms with van der Waals surface area (Å²) in [7, 11) is 0. The van der Waals surface area contributed by atoms with E-state index >= 15 is 0 Å². The predicted octanol–water partition coefficient (Wildman–Crippen LogP) is 7.05. The van der Waals surface area contributed by atoms with Crippen LogP contribution in [0.15, 0.2) is 54.6 Å². The quantitative estimate of drug-likeness (QED) is 0.255. The highest BCUT2D eigenvalue weighted by Gasteiger charge is 2.20. The Morgan fingerprint density at radius 1 is 1.14 bits per heavy atom. The largest absolute Gasteiger partial charge is 0.487 e. The van der Waals surface area contributed by atoms with Gasteiger partial charge in [-0.15, -0.1) is 0 Å². The van der Waals surface area contributed by atoms with E-state index in [1.165, 1.54) is 0 Å². The first kappa shape index (κ1) is 28.8. The highest BCUT2D eigenvalue weighted by Crippen LogP contribution is 2.37. The van der Waals surface area contributed by atoms with Gasteiger partial charge in [0.05, 0.1) is 11.2 Å². The fourth-order valence-electron chi connectivity index (χ4n) is 4.00. The second-order valence-corrected chi connectivity index (χ2v) is 12.1. The van der Waals surface area contributed by atoms with Gasteiger partial charge in [0.15, 0.2) is 0 Å². The van der Waals surface area contributed by atoms with Crippen LogP contribution in [0, 0.1) is 5.92 Å². The first-order valence-electron chi connectivity index (χ1n) is 12.4. The predicted molar refractivity (Wildman–Crippen MR) is 151 cm³/mol. The van der Waals surface area contributed by atoms with E-state index in [1.807, 2.05) is 82.3 Å². The molecular formula is C29H35ClN2O4S. The molecule has 3 rings (SSSR count). The monoisotopic (exact) mass is 542 g/mol. The Balaban J connectivity index is 1.68. The van der Waals surface area contributed by atoms with Crippen LogP contribution < -0.4 is 10.1 Å². The maximum absolute atomic E-state index is 12.3. The van der Waals surface area contributed by atoms with Crippen LogP contribution >= 0.6 is 23.4 Å². The lowest BCUT2D eigenvalue weighted by atomic mass is 9.97. The summed E-state index contributed by atoms with van der Waals surface area (Å²) in [4.78, 5) is 28.2. The Hall–Kier alpha value is -2.77. The van der Waals surface area contributed by atoms with E-state index in [0.29, 0.717) is 36.0 Å². The fourth-order valence-corrected chi connectivity index (χ4v) is 5.55. The van der Waals surface area contributed by atoms with Gasteiger partial charge >= 0.3 is 5.97 Å². The number of nitrogens with zero attached hydrogens (tertiary/aromatic N) is 1.